The van der Waals surface area contributed by atoms with Crippen LogP contribution >= 0.6 is 11.8 Å². The molecule has 2 rings (SSSR count). The van der Waals surface area contributed by atoms with Crippen molar-refractivity contribution in [3.63, 3.8) is 0 Å². The molecule has 0 radical (unpaired) electrons. The Labute approximate surface area is 148 Å². The number of benzene rings is 2. The van der Waals surface area contributed by atoms with Gasteiger partial charge in [0, 0.05) is 10.8 Å². The van der Waals surface area contributed by atoms with Crippen LogP contribution in [0.15, 0.2) is 78.2 Å². The van der Waals surface area contributed by atoms with Crippen LogP contribution in [0, 0.1) is 0 Å². The van der Waals surface area contributed by atoms with Crippen LogP contribution in [-0.2, 0) is 9.53 Å². The highest BCUT2D eigenvalue weighted by Crippen LogP contribution is 2.36. The van der Waals surface area contributed by atoms with Crippen molar-refractivity contribution >= 4 is 17.7 Å². The van der Waals surface area contributed by atoms with E-state index in [9.17, 15) is 4.79 Å². The fraction of sp³-hybridized carbons (Fsp3) is 0.286. The van der Waals surface area contributed by atoms with Crippen molar-refractivity contribution in [1.29, 1.82) is 0 Å². The van der Waals surface area contributed by atoms with Crippen molar-refractivity contribution in [3.05, 3.63) is 78.9 Å². The molecule has 0 aliphatic heterocycles. The number of hydrogen-bond donors (Lipinski definition) is 0. The Kier molecular flexibility index (Phi) is 6.27. The van der Waals surface area contributed by atoms with Crippen molar-refractivity contribution < 1.29 is 9.53 Å². The molecule has 0 aliphatic rings. The molecule has 0 aromatic heterocycles. The number of hydrogen-bond acceptors (Lipinski definition) is 3. The predicted octanol–water partition coefficient (Wildman–Crippen LogP) is 5.46. The maximum atomic E-state index is 12.8. The molecule has 2 aromatic rings. The van der Waals surface area contributed by atoms with Crippen LogP contribution in [-0.4, -0.2) is 16.8 Å². The molecule has 2 aromatic carbocycles. The summed E-state index contributed by atoms with van der Waals surface area (Å²) in [4.78, 5) is 13.9. The lowest BCUT2D eigenvalue weighted by atomic mass is 9.95. The fourth-order valence-electron chi connectivity index (χ4n) is 2.38. The SMILES string of the molecule is C=C[C@@H](c1ccccc1)[C@@H](Sc1ccccc1)C(=O)OC(C)(C)C. The van der Waals surface area contributed by atoms with Crippen LogP contribution in [0.1, 0.15) is 32.3 Å². The Hall–Kier alpha value is -2.00. The van der Waals surface area contributed by atoms with Crippen LogP contribution in [0.25, 0.3) is 0 Å². The molecule has 0 aliphatic carbocycles. The fourth-order valence-corrected chi connectivity index (χ4v) is 3.55. The van der Waals surface area contributed by atoms with Gasteiger partial charge < -0.3 is 4.74 Å². The highest BCUT2D eigenvalue weighted by Gasteiger charge is 2.32. The molecular weight excluding hydrogens is 316 g/mol. The van der Waals surface area contributed by atoms with Crippen molar-refractivity contribution in [3.8, 4) is 0 Å². The zero-order chi connectivity index (χ0) is 17.6. The second-order valence-corrected chi connectivity index (χ2v) is 7.77. The van der Waals surface area contributed by atoms with E-state index in [1.54, 1.807) is 0 Å². The van der Waals surface area contributed by atoms with E-state index in [1.807, 2.05) is 87.5 Å². The third kappa shape index (κ3) is 5.27. The summed E-state index contributed by atoms with van der Waals surface area (Å²) in [5.41, 5.74) is 0.543. The number of ether oxygens (including phenoxy) is 1. The molecule has 0 N–H and O–H groups in total. The van der Waals surface area contributed by atoms with E-state index in [1.165, 1.54) is 11.8 Å². The highest BCUT2D eigenvalue weighted by atomic mass is 32.2. The Morgan fingerprint density at radius 2 is 1.58 bits per heavy atom. The van der Waals surface area contributed by atoms with E-state index >= 15 is 0 Å². The largest absolute Gasteiger partial charge is 0.459 e. The Morgan fingerprint density at radius 1 is 1.04 bits per heavy atom. The summed E-state index contributed by atoms with van der Waals surface area (Å²) in [7, 11) is 0. The standard InChI is InChI=1S/C21H24O2S/c1-5-18(16-12-8-6-9-13-16)19(20(22)23-21(2,3)4)24-17-14-10-7-11-15-17/h5-15,18-19H,1H2,2-4H3/t18-,19+/m0/s1. The van der Waals surface area contributed by atoms with Gasteiger partial charge in [0.05, 0.1) is 0 Å². The number of carbonyl (C=O) groups is 1. The average Bonchev–Trinajstić information content (AvgIpc) is 2.55. The molecule has 2 atom stereocenters. The maximum Gasteiger partial charge on any atom is 0.320 e. The van der Waals surface area contributed by atoms with Crippen molar-refractivity contribution in [1.82, 2.24) is 0 Å². The van der Waals surface area contributed by atoms with Gasteiger partial charge in [-0.15, -0.1) is 18.3 Å². The van der Waals surface area contributed by atoms with Crippen LogP contribution < -0.4 is 0 Å². The van der Waals surface area contributed by atoms with Gasteiger partial charge in [-0.2, -0.15) is 0 Å². The number of esters is 1. The van der Waals surface area contributed by atoms with Crippen molar-refractivity contribution in [2.24, 2.45) is 0 Å². The van der Waals surface area contributed by atoms with Gasteiger partial charge >= 0.3 is 5.97 Å². The number of carbonyl (C=O) groups excluding carboxylic acids is 1. The van der Waals surface area contributed by atoms with Crippen LogP contribution in [0.3, 0.4) is 0 Å². The second-order valence-electron chi connectivity index (χ2n) is 6.56. The molecule has 0 spiro atoms. The first-order valence-electron chi connectivity index (χ1n) is 8.03. The Morgan fingerprint density at radius 3 is 2.08 bits per heavy atom. The minimum Gasteiger partial charge on any atom is -0.459 e. The summed E-state index contributed by atoms with van der Waals surface area (Å²) in [5, 5.41) is -0.383. The molecule has 0 heterocycles. The molecule has 24 heavy (non-hydrogen) atoms. The van der Waals surface area contributed by atoms with Gasteiger partial charge in [-0.3, -0.25) is 4.79 Å². The second kappa shape index (κ2) is 8.20. The molecule has 0 saturated carbocycles. The third-order valence-electron chi connectivity index (χ3n) is 3.41. The summed E-state index contributed by atoms with van der Waals surface area (Å²) in [6.07, 6.45) is 1.83. The summed E-state index contributed by atoms with van der Waals surface area (Å²) >= 11 is 1.52. The van der Waals surface area contributed by atoms with Crippen molar-refractivity contribution in [2.45, 2.75) is 42.4 Å². The summed E-state index contributed by atoms with van der Waals surface area (Å²) in [5.74, 6) is -0.337. The van der Waals surface area contributed by atoms with Gasteiger partial charge in [0.15, 0.2) is 0 Å². The first kappa shape index (κ1) is 18.3. The van der Waals surface area contributed by atoms with Gasteiger partial charge in [0.1, 0.15) is 10.9 Å². The van der Waals surface area contributed by atoms with E-state index in [-0.39, 0.29) is 17.1 Å². The molecule has 0 unspecified atom stereocenters. The summed E-state index contributed by atoms with van der Waals surface area (Å²) < 4.78 is 5.67. The summed E-state index contributed by atoms with van der Waals surface area (Å²) in [6.45, 7) is 9.63. The van der Waals surface area contributed by atoms with Crippen LogP contribution in [0.4, 0.5) is 0 Å². The number of allylic oxidation sites excluding steroid dienone is 1. The zero-order valence-electron chi connectivity index (χ0n) is 14.4. The predicted molar refractivity (Wildman–Crippen MR) is 101 cm³/mol. The highest BCUT2D eigenvalue weighted by molar-refractivity contribution is 8.00. The summed E-state index contributed by atoms with van der Waals surface area (Å²) in [6, 6.07) is 19.9. The minimum atomic E-state index is -0.519. The molecule has 3 heteroatoms. The van der Waals surface area contributed by atoms with Crippen LogP contribution in [0.2, 0.25) is 0 Å². The molecule has 0 fully saturated rings. The van der Waals surface area contributed by atoms with Crippen LogP contribution in [0.5, 0.6) is 0 Å². The molecule has 0 saturated heterocycles. The van der Waals surface area contributed by atoms with E-state index < -0.39 is 5.60 Å². The first-order chi connectivity index (χ1) is 11.4. The zero-order valence-corrected chi connectivity index (χ0v) is 15.3. The minimum absolute atomic E-state index is 0.119. The topological polar surface area (TPSA) is 26.3 Å². The Bertz CT molecular complexity index is 659. The normalized spacial score (nSPS) is 13.8. The monoisotopic (exact) mass is 340 g/mol. The lowest BCUT2D eigenvalue weighted by Gasteiger charge is -2.27. The van der Waals surface area contributed by atoms with Gasteiger partial charge in [0.2, 0.25) is 0 Å². The quantitative estimate of drug-likeness (QED) is 0.397. The molecule has 126 valence electrons. The van der Waals surface area contributed by atoms with Gasteiger partial charge in [-0.1, -0.05) is 54.6 Å². The van der Waals surface area contributed by atoms with E-state index in [0.29, 0.717) is 0 Å². The molecule has 0 amide bonds. The maximum absolute atomic E-state index is 12.8. The van der Waals surface area contributed by atoms with Gasteiger partial charge in [0.25, 0.3) is 0 Å². The van der Waals surface area contributed by atoms with E-state index in [2.05, 4.69) is 6.58 Å². The third-order valence-corrected chi connectivity index (χ3v) is 4.69. The molecular formula is C21H24O2S. The van der Waals surface area contributed by atoms with Gasteiger partial charge in [-0.05, 0) is 38.5 Å². The smallest absolute Gasteiger partial charge is 0.320 e. The van der Waals surface area contributed by atoms with E-state index in [4.69, 9.17) is 4.74 Å². The number of rotatable bonds is 6. The molecule has 0 bridgehead atoms. The lowest BCUT2D eigenvalue weighted by Crippen LogP contribution is -2.33. The molecule has 2 nitrogen and oxygen atoms in total. The van der Waals surface area contributed by atoms with Crippen molar-refractivity contribution in [2.75, 3.05) is 0 Å². The first-order valence-corrected chi connectivity index (χ1v) is 8.91. The average molecular weight is 340 g/mol. The number of thioether (sulfide) groups is 1. The lowest BCUT2D eigenvalue weighted by molar-refractivity contribution is -0.154. The van der Waals surface area contributed by atoms with E-state index in [0.717, 1.165) is 10.5 Å². The van der Waals surface area contributed by atoms with Gasteiger partial charge in [-0.25, -0.2) is 0 Å². The Balaban J connectivity index is 2.33.